The molecule has 2 N–H and O–H groups in total. The average Bonchev–Trinajstić information content (AvgIpc) is 2.83. The number of nitrogens with two attached hydrogens (primary N) is 1. The van der Waals surface area contributed by atoms with E-state index in [-0.39, 0.29) is 6.10 Å². The van der Waals surface area contributed by atoms with Gasteiger partial charge in [0.05, 0.1) is 11.8 Å². The highest BCUT2D eigenvalue weighted by atomic mass is 32.1. The number of nitrogens with zero attached hydrogens (tertiary/aromatic N) is 2. The summed E-state index contributed by atoms with van der Waals surface area (Å²) in [4.78, 5) is 9.76. The number of ether oxygens (including phenoxy) is 1. The topological polar surface area (TPSA) is 61.0 Å². The van der Waals surface area contributed by atoms with Crippen LogP contribution < -0.4 is 10.5 Å². The van der Waals surface area contributed by atoms with Gasteiger partial charge in [-0.05, 0) is 24.8 Å². The Morgan fingerprint density at radius 1 is 1.44 bits per heavy atom. The Balaban J connectivity index is 2.17. The summed E-state index contributed by atoms with van der Waals surface area (Å²) in [6.07, 6.45) is 3.51. The van der Waals surface area contributed by atoms with Crippen LogP contribution in [0.2, 0.25) is 0 Å². The van der Waals surface area contributed by atoms with E-state index in [1.54, 1.807) is 11.3 Å². The highest BCUT2D eigenvalue weighted by Crippen LogP contribution is 2.24. The van der Waals surface area contributed by atoms with E-state index in [2.05, 4.69) is 23.8 Å². The molecule has 0 aromatic carbocycles. The van der Waals surface area contributed by atoms with E-state index in [1.807, 2.05) is 11.4 Å². The van der Waals surface area contributed by atoms with Crippen LogP contribution in [0.5, 0.6) is 6.01 Å². The first kappa shape index (κ1) is 13.2. The van der Waals surface area contributed by atoms with Gasteiger partial charge >= 0.3 is 6.01 Å². The van der Waals surface area contributed by atoms with Gasteiger partial charge < -0.3 is 10.5 Å². The van der Waals surface area contributed by atoms with Crippen LogP contribution in [0.1, 0.15) is 38.8 Å². The van der Waals surface area contributed by atoms with Crippen molar-refractivity contribution < 1.29 is 4.74 Å². The van der Waals surface area contributed by atoms with Crippen molar-refractivity contribution in [3.63, 3.8) is 0 Å². The van der Waals surface area contributed by atoms with Gasteiger partial charge in [0.1, 0.15) is 4.83 Å². The molecule has 0 aliphatic rings. The van der Waals surface area contributed by atoms with Gasteiger partial charge in [0.2, 0.25) is 0 Å². The van der Waals surface area contributed by atoms with E-state index in [0.29, 0.717) is 12.6 Å². The summed E-state index contributed by atoms with van der Waals surface area (Å²) in [6.45, 7) is 4.64. The predicted molar refractivity (Wildman–Crippen MR) is 74.9 cm³/mol. The molecule has 2 heterocycles. The average molecular weight is 265 g/mol. The monoisotopic (exact) mass is 265 g/mol. The molecule has 1 atom stereocenters. The second-order valence-electron chi connectivity index (χ2n) is 4.37. The quantitative estimate of drug-likeness (QED) is 0.871. The molecule has 1 unspecified atom stereocenters. The summed E-state index contributed by atoms with van der Waals surface area (Å²) in [5, 5.41) is 3.04. The van der Waals surface area contributed by atoms with E-state index in [1.165, 1.54) is 6.42 Å². The summed E-state index contributed by atoms with van der Waals surface area (Å²) in [5.74, 6) is 0. The SMILES string of the molecule is CCCCC(C)Oc1nc(CN)c2ccsc2n1. The Morgan fingerprint density at radius 2 is 2.28 bits per heavy atom. The molecule has 4 nitrogen and oxygen atoms in total. The number of hydrogen-bond donors (Lipinski definition) is 1. The number of thiophene rings is 1. The van der Waals surface area contributed by atoms with E-state index < -0.39 is 0 Å². The molecular formula is C13H19N3OS. The minimum absolute atomic E-state index is 0.146. The van der Waals surface area contributed by atoms with Crippen molar-refractivity contribution >= 4 is 21.6 Å². The van der Waals surface area contributed by atoms with Gasteiger partial charge in [-0.2, -0.15) is 9.97 Å². The van der Waals surface area contributed by atoms with Gasteiger partial charge in [0.25, 0.3) is 0 Å². The Kier molecular flexibility index (Phi) is 4.49. The van der Waals surface area contributed by atoms with Crippen LogP contribution in [-0.2, 0) is 6.54 Å². The lowest BCUT2D eigenvalue weighted by molar-refractivity contribution is 0.190. The largest absolute Gasteiger partial charge is 0.460 e. The zero-order valence-electron chi connectivity index (χ0n) is 10.8. The van der Waals surface area contributed by atoms with Gasteiger partial charge in [-0.1, -0.05) is 19.8 Å². The van der Waals surface area contributed by atoms with Gasteiger partial charge in [0, 0.05) is 11.9 Å². The molecule has 0 aliphatic heterocycles. The highest BCUT2D eigenvalue weighted by Gasteiger charge is 2.11. The Morgan fingerprint density at radius 3 is 3.00 bits per heavy atom. The maximum Gasteiger partial charge on any atom is 0.318 e. The van der Waals surface area contributed by atoms with E-state index in [0.717, 1.165) is 28.8 Å². The molecule has 0 aliphatic carbocycles. The molecule has 0 amide bonds. The van der Waals surface area contributed by atoms with Crippen molar-refractivity contribution in [2.45, 2.75) is 45.8 Å². The van der Waals surface area contributed by atoms with Crippen molar-refractivity contribution in [3.8, 4) is 6.01 Å². The van der Waals surface area contributed by atoms with Crippen molar-refractivity contribution in [2.75, 3.05) is 0 Å². The van der Waals surface area contributed by atoms with Crippen LogP contribution in [-0.4, -0.2) is 16.1 Å². The molecular weight excluding hydrogens is 246 g/mol. The summed E-state index contributed by atoms with van der Waals surface area (Å²) < 4.78 is 5.77. The zero-order chi connectivity index (χ0) is 13.0. The molecule has 0 fully saturated rings. The third-order valence-electron chi connectivity index (χ3n) is 2.85. The minimum Gasteiger partial charge on any atom is -0.460 e. The van der Waals surface area contributed by atoms with Crippen molar-refractivity contribution in [2.24, 2.45) is 5.73 Å². The van der Waals surface area contributed by atoms with Gasteiger partial charge in [-0.25, -0.2) is 0 Å². The molecule has 18 heavy (non-hydrogen) atoms. The maximum absolute atomic E-state index is 5.77. The fourth-order valence-electron chi connectivity index (χ4n) is 1.83. The van der Waals surface area contributed by atoms with Crippen molar-refractivity contribution in [1.82, 2.24) is 9.97 Å². The van der Waals surface area contributed by atoms with Crippen LogP contribution >= 0.6 is 11.3 Å². The molecule has 2 aromatic rings. The molecule has 0 bridgehead atoms. The molecule has 2 rings (SSSR count). The van der Waals surface area contributed by atoms with Crippen LogP contribution in [0.4, 0.5) is 0 Å². The summed E-state index contributed by atoms with van der Waals surface area (Å²) in [5.41, 5.74) is 6.57. The molecule has 2 aromatic heterocycles. The smallest absolute Gasteiger partial charge is 0.318 e. The molecule has 98 valence electrons. The predicted octanol–water partition coefficient (Wildman–Crippen LogP) is 3.11. The Hall–Kier alpha value is -1.20. The fraction of sp³-hybridized carbons (Fsp3) is 0.538. The Labute approximate surface area is 111 Å². The number of hydrogen-bond acceptors (Lipinski definition) is 5. The fourth-order valence-corrected chi connectivity index (χ4v) is 2.61. The zero-order valence-corrected chi connectivity index (χ0v) is 11.7. The first-order valence-corrected chi connectivity index (χ1v) is 7.23. The summed E-state index contributed by atoms with van der Waals surface area (Å²) in [7, 11) is 0. The molecule has 0 spiro atoms. The maximum atomic E-state index is 5.77. The summed E-state index contributed by atoms with van der Waals surface area (Å²) >= 11 is 1.59. The second-order valence-corrected chi connectivity index (χ2v) is 5.26. The van der Waals surface area contributed by atoms with Crippen molar-refractivity contribution in [3.05, 3.63) is 17.1 Å². The van der Waals surface area contributed by atoms with Crippen LogP contribution in [0, 0.1) is 0 Å². The lowest BCUT2D eigenvalue weighted by Gasteiger charge is -2.13. The first-order chi connectivity index (χ1) is 8.74. The Bertz CT molecular complexity index is 512. The lowest BCUT2D eigenvalue weighted by atomic mass is 10.2. The van der Waals surface area contributed by atoms with Gasteiger partial charge in [0.15, 0.2) is 0 Å². The molecule has 0 radical (unpaired) electrons. The van der Waals surface area contributed by atoms with Crippen LogP contribution in [0.25, 0.3) is 10.2 Å². The van der Waals surface area contributed by atoms with Gasteiger partial charge in [-0.3, -0.25) is 0 Å². The molecule has 0 saturated carbocycles. The molecule has 0 saturated heterocycles. The third-order valence-corrected chi connectivity index (χ3v) is 3.65. The van der Waals surface area contributed by atoms with Gasteiger partial charge in [-0.15, -0.1) is 11.3 Å². The second kappa shape index (κ2) is 6.11. The highest BCUT2D eigenvalue weighted by molar-refractivity contribution is 7.16. The third kappa shape index (κ3) is 2.97. The number of unbranched alkanes of at least 4 members (excludes halogenated alkanes) is 1. The number of rotatable bonds is 6. The molecule has 5 heteroatoms. The number of fused-ring (bicyclic) bond motifs is 1. The van der Waals surface area contributed by atoms with Crippen LogP contribution in [0.15, 0.2) is 11.4 Å². The van der Waals surface area contributed by atoms with E-state index in [9.17, 15) is 0 Å². The standard InChI is InChI=1S/C13H19N3OS/c1-3-4-5-9(2)17-13-15-11(8-14)10-6-7-18-12(10)16-13/h6-7,9H,3-5,8,14H2,1-2H3. The first-order valence-electron chi connectivity index (χ1n) is 6.35. The van der Waals surface area contributed by atoms with E-state index >= 15 is 0 Å². The van der Waals surface area contributed by atoms with Crippen molar-refractivity contribution in [1.29, 1.82) is 0 Å². The van der Waals surface area contributed by atoms with Crippen LogP contribution in [0.3, 0.4) is 0 Å². The lowest BCUT2D eigenvalue weighted by Crippen LogP contribution is -2.14. The minimum atomic E-state index is 0.146. The summed E-state index contributed by atoms with van der Waals surface area (Å²) in [6, 6.07) is 2.46. The normalized spacial score (nSPS) is 12.8. The number of aromatic nitrogens is 2. The van der Waals surface area contributed by atoms with E-state index in [4.69, 9.17) is 10.5 Å².